The lowest BCUT2D eigenvalue weighted by Crippen LogP contribution is -2.38. The second kappa shape index (κ2) is 6.29. The zero-order valence-electron chi connectivity index (χ0n) is 12.9. The third-order valence-corrected chi connectivity index (χ3v) is 4.40. The number of hydrogen-bond acceptors (Lipinski definition) is 2. The molecule has 1 aliphatic carbocycles. The number of amides is 1. The summed E-state index contributed by atoms with van der Waals surface area (Å²) in [7, 11) is 0. The molecule has 20 heavy (non-hydrogen) atoms. The summed E-state index contributed by atoms with van der Waals surface area (Å²) in [4.78, 5) is 13.8. The fraction of sp³-hybridized carbons (Fsp3) is 0.588. The number of rotatable bonds is 4. The first-order valence-corrected chi connectivity index (χ1v) is 7.42. The van der Waals surface area contributed by atoms with E-state index in [1.54, 1.807) is 13.2 Å². The quantitative estimate of drug-likeness (QED) is 0.782. The van der Waals surface area contributed by atoms with Crippen molar-refractivity contribution in [2.24, 2.45) is 17.8 Å². The van der Waals surface area contributed by atoms with Gasteiger partial charge in [0.25, 0.3) is 0 Å². The number of furan rings is 1. The smallest absolute Gasteiger partial charge is 0.219 e. The van der Waals surface area contributed by atoms with E-state index in [4.69, 9.17) is 4.42 Å². The van der Waals surface area contributed by atoms with Crippen molar-refractivity contribution in [3.05, 3.63) is 35.8 Å². The maximum absolute atomic E-state index is 11.9. The molecule has 0 spiro atoms. The minimum absolute atomic E-state index is 0.118. The molecule has 3 unspecified atom stereocenters. The van der Waals surface area contributed by atoms with Crippen LogP contribution in [0, 0.1) is 17.8 Å². The second-order valence-corrected chi connectivity index (χ2v) is 6.20. The summed E-state index contributed by atoms with van der Waals surface area (Å²) >= 11 is 0. The molecule has 0 bridgehead atoms. The molecular formula is C17H25NO2. The Morgan fingerprint density at radius 3 is 2.75 bits per heavy atom. The van der Waals surface area contributed by atoms with Gasteiger partial charge < -0.3 is 9.32 Å². The van der Waals surface area contributed by atoms with E-state index in [2.05, 4.69) is 26.8 Å². The molecule has 0 N–H and O–H groups in total. The molecule has 1 heterocycles. The van der Waals surface area contributed by atoms with Crippen molar-refractivity contribution < 1.29 is 9.21 Å². The Kier molecular flexibility index (Phi) is 4.69. The van der Waals surface area contributed by atoms with Gasteiger partial charge in [0.1, 0.15) is 5.76 Å². The summed E-state index contributed by atoms with van der Waals surface area (Å²) in [6.45, 7) is 9.78. The van der Waals surface area contributed by atoms with Crippen molar-refractivity contribution in [1.82, 2.24) is 4.90 Å². The van der Waals surface area contributed by atoms with Crippen molar-refractivity contribution in [2.45, 2.75) is 40.7 Å². The Hall–Kier alpha value is -1.51. The Morgan fingerprint density at radius 2 is 2.20 bits per heavy atom. The summed E-state index contributed by atoms with van der Waals surface area (Å²) < 4.78 is 5.37. The first-order valence-electron chi connectivity index (χ1n) is 7.42. The Morgan fingerprint density at radius 1 is 1.45 bits per heavy atom. The molecule has 1 amide bonds. The molecule has 0 saturated heterocycles. The highest BCUT2D eigenvalue weighted by molar-refractivity contribution is 5.73. The number of hydrogen-bond donors (Lipinski definition) is 0. The molecule has 0 saturated carbocycles. The van der Waals surface area contributed by atoms with Crippen LogP contribution in [-0.2, 0) is 11.3 Å². The zero-order valence-corrected chi connectivity index (χ0v) is 12.9. The van der Waals surface area contributed by atoms with E-state index in [0.29, 0.717) is 24.3 Å². The predicted molar refractivity (Wildman–Crippen MR) is 80.0 cm³/mol. The van der Waals surface area contributed by atoms with Crippen LogP contribution in [0.2, 0.25) is 0 Å². The van der Waals surface area contributed by atoms with E-state index >= 15 is 0 Å². The van der Waals surface area contributed by atoms with Crippen LogP contribution in [0.25, 0.3) is 0 Å². The van der Waals surface area contributed by atoms with Crippen LogP contribution in [0.1, 0.15) is 39.9 Å². The van der Waals surface area contributed by atoms with Crippen molar-refractivity contribution >= 4 is 5.91 Å². The second-order valence-electron chi connectivity index (χ2n) is 6.20. The van der Waals surface area contributed by atoms with Gasteiger partial charge in [-0.05, 0) is 43.2 Å². The van der Waals surface area contributed by atoms with Gasteiger partial charge in [-0.25, -0.2) is 0 Å². The largest absolute Gasteiger partial charge is 0.467 e. The lowest BCUT2D eigenvalue weighted by molar-refractivity contribution is -0.130. The molecule has 0 radical (unpaired) electrons. The molecule has 0 fully saturated rings. The Labute approximate surface area is 121 Å². The first kappa shape index (κ1) is 14.9. The van der Waals surface area contributed by atoms with Crippen LogP contribution in [0.5, 0.6) is 0 Å². The summed E-state index contributed by atoms with van der Waals surface area (Å²) in [5, 5.41) is 0. The molecule has 110 valence electrons. The van der Waals surface area contributed by atoms with E-state index in [1.807, 2.05) is 17.0 Å². The van der Waals surface area contributed by atoms with E-state index in [-0.39, 0.29) is 5.91 Å². The van der Waals surface area contributed by atoms with Crippen LogP contribution in [0.15, 0.2) is 34.5 Å². The average molecular weight is 275 g/mol. The van der Waals surface area contributed by atoms with Gasteiger partial charge in [0, 0.05) is 13.5 Å². The van der Waals surface area contributed by atoms with Crippen molar-refractivity contribution in [3.63, 3.8) is 0 Å². The molecule has 1 aliphatic rings. The highest BCUT2D eigenvalue weighted by Gasteiger charge is 2.29. The molecule has 0 aromatic carbocycles. The lowest BCUT2D eigenvalue weighted by atomic mass is 9.75. The van der Waals surface area contributed by atoms with Gasteiger partial charge in [-0.1, -0.05) is 25.5 Å². The molecule has 3 heteroatoms. The SMILES string of the molecule is CC(=O)N(Cc1ccco1)CC1C(C)C=C(C)CC1C. The third kappa shape index (κ3) is 3.53. The fourth-order valence-electron chi connectivity index (χ4n) is 3.31. The van der Waals surface area contributed by atoms with E-state index in [9.17, 15) is 4.79 Å². The van der Waals surface area contributed by atoms with E-state index in [1.165, 1.54) is 5.57 Å². The molecular weight excluding hydrogens is 250 g/mol. The summed E-state index contributed by atoms with van der Waals surface area (Å²) in [5.41, 5.74) is 1.47. The maximum atomic E-state index is 11.9. The third-order valence-electron chi connectivity index (χ3n) is 4.40. The van der Waals surface area contributed by atoms with Gasteiger partial charge >= 0.3 is 0 Å². The summed E-state index contributed by atoms with van der Waals surface area (Å²) in [5.74, 6) is 2.64. The predicted octanol–water partition coefficient (Wildman–Crippen LogP) is 3.87. The zero-order chi connectivity index (χ0) is 14.7. The van der Waals surface area contributed by atoms with Gasteiger partial charge in [0.15, 0.2) is 0 Å². The molecule has 1 aromatic heterocycles. The number of carbonyl (C=O) groups is 1. The molecule has 0 aliphatic heterocycles. The van der Waals surface area contributed by atoms with Gasteiger partial charge in [-0.3, -0.25) is 4.79 Å². The van der Waals surface area contributed by atoms with Gasteiger partial charge in [-0.2, -0.15) is 0 Å². The molecule has 2 rings (SSSR count). The van der Waals surface area contributed by atoms with Crippen LogP contribution >= 0.6 is 0 Å². The topological polar surface area (TPSA) is 33.5 Å². The Bertz CT molecular complexity index is 475. The lowest BCUT2D eigenvalue weighted by Gasteiger charge is -2.36. The monoisotopic (exact) mass is 275 g/mol. The molecule has 1 aromatic rings. The van der Waals surface area contributed by atoms with Gasteiger partial charge in [0.05, 0.1) is 12.8 Å². The minimum atomic E-state index is 0.118. The van der Waals surface area contributed by atoms with E-state index < -0.39 is 0 Å². The standard InChI is InChI=1S/C17H25NO2/c1-12-8-13(2)17(14(3)9-12)11-18(15(4)19)10-16-6-5-7-20-16/h5-8,13-14,17H,9-11H2,1-4H3. The summed E-state index contributed by atoms with van der Waals surface area (Å²) in [6, 6.07) is 3.79. The van der Waals surface area contributed by atoms with Crippen molar-refractivity contribution in [2.75, 3.05) is 6.54 Å². The number of carbonyl (C=O) groups excluding carboxylic acids is 1. The highest BCUT2D eigenvalue weighted by atomic mass is 16.3. The average Bonchev–Trinajstić information content (AvgIpc) is 2.84. The van der Waals surface area contributed by atoms with Gasteiger partial charge in [-0.15, -0.1) is 0 Å². The number of nitrogens with zero attached hydrogens (tertiary/aromatic N) is 1. The highest BCUT2D eigenvalue weighted by Crippen LogP contribution is 2.34. The first-order chi connectivity index (χ1) is 9.47. The molecule has 3 nitrogen and oxygen atoms in total. The summed E-state index contributed by atoms with van der Waals surface area (Å²) in [6.07, 6.45) is 5.16. The normalized spacial score (nSPS) is 26.2. The number of allylic oxidation sites excluding steroid dienone is 2. The minimum Gasteiger partial charge on any atom is -0.467 e. The fourth-order valence-corrected chi connectivity index (χ4v) is 3.31. The van der Waals surface area contributed by atoms with E-state index in [0.717, 1.165) is 18.7 Å². The maximum Gasteiger partial charge on any atom is 0.219 e. The van der Waals surface area contributed by atoms with Gasteiger partial charge in [0.2, 0.25) is 5.91 Å². The van der Waals surface area contributed by atoms with Crippen molar-refractivity contribution in [3.8, 4) is 0 Å². The van der Waals surface area contributed by atoms with Crippen LogP contribution in [0.3, 0.4) is 0 Å². The van der Waals surface area contributed by atoms with Crippen molar-refractivity contribution in [1.29, 1.82) is 0 Å². The van der Waals surface area contributed by atoms with Crippen LogP contribution in [0.4, 0.5) is 0 Å². The Balaban J connectivity index is 2.06. The van der Waals surface area contributed by atoms with Crippen LogP contribution < -0.4 is 0 Å². The van der Waals surface area contributed by atoms with Crippen LogP contribution in [-0.4, -0.2) is 17.4 Å². The molecule has 3 atom stereocenters.